The number of anilines is 1. The van der Waals surface area contributed by atoms with Gasteiger partial charge in [0.05, 0.1) is 5.52 Å². The number of fused-ring (bicyclic) bond motifs is 1. The Morgan fingerprint density at radius 3 is 2.40 bits per heavy atom. The number of hydrogen-bond acceptors (Lipinski definition) is 3. The first-order valence-corrected chi connectivity index (χ1v) is 10.5. The molecule has 0 fully saturated rings. The standard InChI is InChI=1S/C24H21ClN4S/c25-19-11-12-22-21(15-19)20(18-9-5-2-6-10-18)16-23(27-22)28-29-24(30)26-14-13-17-7-3-1-4-8-17/h1-12,15-16H,13-14H2,(H,27,28)(H2,26,29,30). The molecule has 3 aromatic carbocycles. The highest BCUT2D eigenvalue weighted by Crippen LogP contribution is 2.31. The van der Waals surface area contributed by atoms with Gasteiger partial charge in [0.15, 0.2) is 5.11 Å². The van der Waals surface area contributed by atoms with E-state index in [2.05, 4.69) is 45.4 Å². The number of nitrogens with zero attached hydrogens (tertiary/aromatic N) is 1. The number of aromatic nitrogens is 1. The van der Waals surface area contributed by atoms with Crippen molar-refractivity contribution in [3.8, 4) is 11.1 Å². The van der Waals surface area contributed by atoms with Gasteiger partial charge in [0.2, 0.25) is 0 Å². The molecule has 30 heavy (non-hydrogen) atoms. The fourth-order valence-electron chi connectivity index (χ4n) is 3.25. The second kappa shape index (κ2) is 9.57. The van der Waals surface area contributed by atoms with Gasteiger partial charge in [0.1, 0.15) is 5.82 Å². The van der Waals surface area contributed by atoms with E-state index in [0.717, 1.165) is 35.0 Å². The molecule has 0 atom stereocenters. The van der Waals surface area contributed by atoms with Gasteiger partial charge in [-0.2, -0.15) is 0 Å². The lowest BCUT2D eigenvalue weighted by atomic mass is 10.0. The fraction of sp³-hybridized carbons (Fsp3) is 0.0833. The van der Waals surface area contributed by atoms with Crippen LogP contribution in [0.1, 0.15) is 5.56 Å². The molecule has 0 saturated heterocycles. The largest absolute Gasteiger partial charge is 0.361 e. The lowest BCUT2D eigenvalue weighted by Crippen LogP contribution is -2.39. The van der Waals surface area contributed by atoms with Crippen LogP contribution in [0, 0.1) is 0 Å². The van der Waals surface area contributed by atoms with Crippen LogP contribution in [0.2, 0.25) is 5.02 Å². The van der Waals surface area contributed by atoms with E-state index >= 15 is 0 Å². The van der Waals surface area contributed by atoms with Gasteiger partial charge in [-0.1, -0.05) is 72.3 Å². The quantitative estimate of drug-likeness (QED) is 0.274. The summed E-state index contributed by atoms with van der Waals surface area (Å²) in [4.78, 5) is 4.68. The first kappa shape index (κ1) is 20.1. The van der Waals surface area contributed by atoms with Gasteiger partial charge in [0, 0.05) is 17.0 Å². The topological polar surface area (TPSA) is 49.0 Å². The van der Waals surface area contributed by atoms with Crippen LogP contribution in [0.3, 0.4) is 0 Å². The van der Waals surface area contributed by atoms with Crippen molar-refractivity contribution < 1.29 is 0 Å². The summed E-state index contributed by atoms with van der Waals surface area (Å²) in [5.74, 6) is 0.677. The number of hydrogen-bond donors (Lipinski definition) is 3. The molecular formula is C24H21ClN4S. The van der Waals surface area contributed by atoms with Gasteiger partial charge in [-0.15, -0.1) is 0 Å². The first-order valence-electron chi connectivity index (χ1n) is 9.68. The molecule has 0 aliphatic heterocycles. The minimum atomic E-state index is 0.519. The number of thiocarbonyl (C=S) groups is 1. The molecule has 0 unspecified atom stereocenters. The molecule has 1 heterocycles. The first-order chi connectivity index (χ1) is 14.7. The molecule has 4 rings (SSSR count). The van der Waals surface area contributed by atoms with Crippen LogP contribution in [0.25, 0.3) is 22.0 Å². The van der Waals surface area contributed by atoms with Crippen LogP contribution in [-0.4, -0.2) is 16.6 Å². The zero-order valence-electron chi connectivity index (χ0n) is 16.2. The molecule has 0 amide bonds. The lowest BCUT2D eigenvalue weighted by Gasteiger charge is -2.14. The Morgan fingerprint density at radius 1 is 0.900 bits per heavy atom. The number of benzene rings is 3. The fourth-order valence-corrected chi connectivity index (χ4v) is 3.57. The van der Waals surface area contributed by atoms with Crippen LogP contribution in [0.15, 0.2) is 84.9 Å². The third kappa shape index (κ3) is 5.06. The Kier molecular flexibility index (Phi) is 6.42. The van der Waals surface area contributed by atoms with Gasteiger partial charge >= 0.3 is 0 Å². The van der Waals surface area contributed by atoms with E-state index < -0.39 is 0 Å². The summed E-state index contributed by atoms with van der Waals surface area (Å²) >= 11 is 11.6. The predicted molar refractivity (Wildman–Crippen MR) is 130 cm³/mol. The number of rotatable bonds is 6. The SMILES string of the molecule is S=C(NCCc1ccccc1)NNc1cc(-c2ccccc2)c2cc(Cl)ccc2n1. The molecule has 0 aliphatic carbocycles. The van der Waals surface area contributed by atoms with Crippen molar-refractivity contribution >= 4 is 45.7 Å². The van der Waals surface area contributed by atoms with E-state index in [1.165, 1.54) is 5.56 Å². The molecule has 6 heteroatoms. The van der Waals surface area contributed by atoms with Crippen LogP contribution in [0.5, 0.6) is 0 Å². The summed E-state index contributed by atoms with van der Waals surface area (Å²) in [6.07, 6.45) is 0.899. The molecule has 4 aromatic rings. The molecule has 0 saturated carbocycles. The van der Waals surface area contributed by atoms with E-state index in [4.69, 9.17) is 23.8 Å². The van der Waals surface area contributed by atoms with Gasteiger partial charge < -0.3 is 5.32 Å². The van der Waals surface area contributed by atoms with Crippen molar-refractivity contribution in [1.82, 2.24) is 15.7 Å². The lowest BCUT2D eigenvalue weighted by molar-refractivity contribution is 0.847. The highest BCUT2D eigenvalue weighted by Gasteiger charge is 2.09. The van der Waals surface area contributed by atoms with Crippen molar-refractivity contribution in [3.05, 3.63) is 95.5 Å². The highest BCUT2D eigenvalue weighted by atomic mass is 35.5. The zero-order valence-corrected chi connectivity index (χ0v) is 17.8. The number of halogens is 1. The van der Waals surface area contributed by atoms with Crippen molar-refractivity contribution in [2.75, 3.05) is 12.0 Å². The molecule has 4 nitrogen and oxygen atoms in total. The summed E-state index contributed by atoms with van der Waals surface area (Å²) in [6, 6.07) is 28.2. The maximum absolute atomic E-state index is 6.23. The Morgan fingerprint density at radius 2 is 1.63 bits per heavy atom. The van der Waals surface area contributed by atoms with Crippen LogP contribution >= 0.6 is 23.8 Å². The van der Waals surface area contributed by atoms with Crippen molar-refractivity contribution in [1.29, 1.82) is 0 Å². The summed E-state index contributed by atoms with van der Waals surface area (Å²) < 4.78 is 0. The third-order valence-electron chi connectivity index (χ3n) is 4.70. The molecule has 3 N–H and O–H groups in total. The van der Waals surface area contributed by atoms with Gasteiger partial charge in [-0.3, -0.25) is 10.9 Å². The molecule has 1 aromatic heterocycles. The van der Waals surface area contributed by atoms with E-state index in [9.17, 15) is 0 Å². The number of pyridine rings is 1. The molecule has 0 bridgehead atoms. The normalized spacial score (nSPS) is 10.6. The molecule has 0 aliphatic rings. The summed E-state index contributed by atoms with van der Waals surface area (Å²) in [5, 5.41) is 5.41. The number of nitrogens with one attached hydrogen (secondary N) is 3. The Bertz CT molecular complexity index is 1150. The zero-order chi connectivity index (χ0) is 20.8. The van der Waals surface area contributed by atoms with E-state index in [0.29, 0.717) is 16.0 Å². The highest BCUT2D eigenvalue weighted by molar-refractivity contribution is 7.80. The summed E-state index contributed by atoms with van der Waals surface area (Å²) in [6.45, 7) is 0.746. The monoisotopic (exact) mass is 432 g/mol. The third-order valence-corrected chi connectivity index (χ3v) is 5.18. The Labute approximate surface area is 186 Å². The Hall–Kier alpha value is -3.15. The van der Waals surface area contributed by atoms with Crippen LogP contribution in [0.4, 0.5) is 5.82 Å². The van der Waals surface area contributed by atoms with E-state index in [1.54, 1.807) is 0 Å². The molecule has 0 radical (unpaired) electrons. The van der Waals surface area contributed by atoms with E-state index in [1.807, 2.05) is 60.7 Å². The predicted octanol–water partition coefficient (Wildman–Crippen LogP) is 5.59. The molecule has 0 spiro atoms. The molecular weight excluding hydrogens is 412 g/mol. The van der Waals surface area contributed by atoms with Crippen molar-refractivity contribution in [3.63, 3.8) is 0 Å². The second-order valence-electron chi connectivity index (χ2n) is 6.82. The minimum absolute atomic E-state index is 0.519. The summed E-state index contributed by atoms with van der Waals surface area (Å²) in [5.41, 5.74) is 10.4. The van der Waals surface area contributed by atoms with Crippen molar-refractivity contribution in [2.45, 2.75) is 6.42 Å². The second-order valence-corrected chi connectivity index (χ2v) is 7.67. The average molecular weight is 433 g/mol. The van der Waals surface area contributed by atoms with Crippen molar-refractivity contribution in [2.24, 2.45) is 0 Å². The van der Waals surface area contributed by atoms with Crippen LogP contribution < -0.4 is 16.2 Å². The maximum atomic E-state index is 6.23. The van der Waals surface area contributed by atoms with Gasteiger partial charge in [0.25, 0.3) is 0 Å². The van der Waals surface area contributed by atoms with Crippen LogP contribution in [-0.2, 0) is 6.42 Å². The number of hydrazine groups is 1. The molecule has 150 valence electrons. The Balaban J connectivity index is 1.46. The maximum Gasteiger partial charge on any atom is 0.185 e. The summed E-state index contributed by atoms with van der Waals surface area (Å²) in [7, 11) is 0. The van der Waals surface area contributed by atoms with Gasteiger partial charge in [-0.05, 0) is 59.6 Å². The minimum Gasteiger partial charge on any atom is -0.361 e. The average Bonchev–Trinajstić information content (AvgIpc) is 2.78. The van der Waals surface area contributed by atoms with E-state index in [-0.39, 0.29) is 0 Å². The van der Waals surface area contributed by atoms with Gasteiger partial charge in [-0.25, -0.2) is 4.98 Å². The smallest absolute Gasteiger partial charge is 0.185 e.